The average Bonchev–Trinajstić information content (AvgIpc) is 2.85. The lowest BCUT2D eigenvalue weighted by Gasteiger charge is -2.36. The Morgan fingerprint density at radius 3 is 2.14 bits per heavy atom. The lowest BCUT2D eigenvalue weighted by molar-refractivity contribution is -0.137. The van der Waals surface area contributed by atoms with Gasteiger partial charge in [-0.25, -0.2) is 0 Å². The van der Waals surface area contributed by atoms with Crippen LogP contribution >= 0.6 is 0 Å². The summed E-state index contributed by atoms with van der Waals surface area (Å²) in [4.78, 5) is 19.5. The van der Waals surface area contributed by atoms with Crippen LogP contribution < -0.4 is 10.2 Å². The first-order valence-electron chi connectivity index (χ1n) is 12.5. The number of alkyl halides is 3. The lowest BCUT2D eigenvalue weighted by Crippen LogP contribution is -2.47. The van der Waals surface area contributed by atoms with Gasteiger partial charge in [0.05, 0.1) is 5.56 Å². The van der Waals surface area contributed by atoms with E-state index in [0.29, 0.717) is 25.2 Å². The molecule has 0 aromatic heterocycles. The van der Waals surface area contributed by atoms with Crippen LogP contribution in [0.2, 0.25) is 0 Å². The van der Waals surface area contributed by atoms with Gasteiger partial charge < -0.3 is 15.1 Å². The maximum atomic E-state index is 12.7. The summed E-state index contributed by atoms with van der Waals surface area (Å²) in [5.74, 6) is 0.205. The number of amides is 1. The van der Waals surface area contributed by atoms with Crippen LogP contribution in [-0.4, -0.2) is 67.6 Å². The minimum absolute atomic E-state index is 0.167. The van der Waals surface area contributed by atoms with Gasteiger partial charge in [0.15, 0.2) is 0 Å². The number of halogens is 3. The molecule has 35 heavy (non-hydrogen) atoms. The van der Waals surface area contributed by atoms with Crippen molar-refractivity contribution < 1.29 is 18.0 Å². The fourth-order valence-corrected chi connectivity index (χ4v) is 4.86. The van der Waals surface area contributed by atoms with Crippen LogP contribution in [-0.2, 0) is 11.0 Å². The largest absolute Gasteiger partial charge is 0.416 e. The van der Waals surface area contributed by atoms with E-state index in [-0.39, 0.29) is 11.9 Å². The number of rotatable bonds is 7. The predicted molar refractivity (Wildman–Crippen MR) is 134 cm³/mol. The second-order valence-electron chi connectivity index (χ2n) is 9.64. The first-order valence-corrected chi connectivity index (χ1v) is 12.5. The molecule has 2 aromatic carbocycles. The molecule has 0 bridgehead atoms. The summed E-state index contributed by atoms with van der Waals surface area (Å²) < 4.78 is 38.2. The summed E-state index contributed by atoms with van der Waals surface area (Å²) in [6.07, 6.45) is -1.29. The van der Waals surface area contributed by atoms with Crippen molar-refractivity contribution in [1.29, 1.82) is 0 Å². The van der Waals surface area contributed by atoms with Gasteiger partial charge in [-0.3, -0.25) is 9.69 Å². The Morgan fingerprint density at radius 2 is 1.54 bits per heavy atom. The van der Waals surface area contributed by atoms with Crippen LogP contribution in [0.25, 0.3) is 0 Å². The van der Waals surface area contributed by atoms with Gasteiger partial charge in [-0.1, -0.05) is 17.7 Å². The molecule has 0 radical (unpaired) electrons. The Bertz CT molecular complexity index is 946. The molecular weight excluding hydrogens is 453 g/mol. The Hall–Kier alpha value is -2.74. The fraction of sp³-hybridized carbons (Fsp3) is 0.519. The summed E-state index contributed by atoms with van der Waals surface area (Å²) in [6, 6.07) is 14.0. The predicted octanol–water partition coefficient (Wildman–Crippen LogP) is 5.02. The summed E-state index contributed by atoms with van der Waals surface area (Å²) in [5, 5.41) is 3.31. The van der Waals surface area contributed by atoms with Crippen molar-refractivity contribution in [1.82, 2.24) is 9.80 Å². The maximum absolute atomic E-state index is 12.7. The van der Waals surface area contributed by atoms with Crippen molar-refractivity contribution in [2.75, 3.05) is 56.0 Å². The number of anilines is 2. The smallest absolute Gasteiger partial charge is 0.382 e. The number of aryl methyl sites for hydroxylation is 1. The number of benzene rings is 2. The van der Waals surface area contributed by atoms with Gasteiger partial charge in [0.2, 0.25) is 5.91 Å². The van der Waals surface area contributed by atoms with Crippen LogP contribution in [0.5, 0.6) is 0 Å². The van der Waals surface area contributed by atoms with Crippen LogP contribution in [0.15, 0.2) is 48.5 Å². The van der Waals surface area contributed by atoms with Gasteiger partial charge in [0.25, 0.3) is 0 Å². The van der Waals surface area contributed by atoms with Crippen LogP contribution in [0.1, 0.15) is 36.8 Å². The van der Waals surface area contributed by atoms with Gasteiger partial charge in [-0.05, 0) is 69.1 Å². The molecule has 4 rings (SSSR count). The fourth-order valence-electron chi connectivity index (χ4n) is 4.86. The highest BCUT2D eigenvalue weighted by molar-refractivity contribution is 5.76. The van der Waals surface area contributed by atoms with Crippen LogP contribution in [0.4, 0.5) is 24.5 Å². The number of carbonyl (C=O) groups excluding carboxylic acids is 1. The van der Waals surface area contributed by atoms with E-state index in [2.05, 4.69) is 46.3 Å². The topological polar surface area (TPSA) is 38.8 Å². The highest BCUT2D eigenvalue weighted by Gasteiger charge is 2.30. The van der Waals surface area contributed by atoms with Crippen molar-refractivity contribution in [3.8, 4) is 0 Å². The zero-order chi connectivity index (χ0) is 24.8. The first kappa shape index (κ1) is 25.4. The van der Waals surface area contributed by atoms with Crippen LogP contribution in [0.3, 0.4) is 0 Å². The molecule has 190 valence electrons. The number of hydrogen-bond donors (Lipinski definition) is 1. The Labute approximate surface area is 205 Å². The van der Waals surface area contributed by atoms with Gasteiger partial charge in [0.1, 0.15) is 0 Å². The Morgan fingerprint density at radius 1 is 0.914 bits per heavy atom. The third kappa shape index (κ3) is 7.13. The summed E-state index contributed by atoms with van der Waals surface area (Å²) in [5.41, 5.74) is 2.60. The third-order valence-corrected chi connectivity index (χ3v) is 7.07. The van der Waals surface area contributed by atoms with E-state index in [1.54, 1.807) is 0 Å². The van der Waals surface area contributed by atoms with Gasteiger partial charge >= 0.3 is 6.18 Å². The molecule has 5 nitrogen and oxygen atoms in total. The van der Waals surface area contributed by atoms with Gasteiger partial charge in [-0.2, -0.15) is 13.2 Å². The normalized spacial score (nSPS) is 18.1. The number of piperidine rings is 1. The van der Waals surface area contributed by atoms with E-state index < -0.39 is 11.7 Å². The quantitative estimate of drug-likeness (QED) is 0.594. The molecule has 0 saturated carbocycles. The molecule has 1 N–H and O–H groups in total. The third-order valence-electron chi connectivity index (χ3n) is 7.07. The molecule has 8 heteroatoms. The molecule has 1 amide bonds. The molecule has 0 spiro atoms. The van der Waals surface area contributed by atoms with Crippen molar-refractivity contribution >= 4 is 17.3 Å². The van der Waals surface area contributed by atoms with E-state index in [1.165, 1.54) is 23.4 Å². The zero-order valence-electron chi connectivity index (χ0n) is 20.4. The molecule has 2 heterocycles. The maximum Gasteiger partial charge on any atom is 0.416 e. The summed E-state index contributed by atoms with van der Waals surface area (Å²) in [7, 11) is 0. The van der Waals surface area contributed by atoms with Crippen molar-refractivity contribution in [2.45, 2.75) is 44.8 Å². The van der Waals surface area contributed by atoms with Crippen molar-refractivity contribution in [3.63, 3.8) is 0 Å². The SMILES string of the molecule is Cc1ccc(N2CCN(CCCC(=O)N3CCC(Nc4ccc(C(F)(F)F)cc4)CC3)CC2)cc1. The summed E-state index contributed by atoms with van der Waals surface area (Å²) >= 11 is 0. The second kappa shape index (κ2) is 11.3. The molecule has 0 atom stereocenters. The van der Waals surface area contributed by atoms with E-state index >= 15 is 0 Å². The molecule has 2 aromatic rings. The van der Waals surface area contributed by atoms with Crippen molar-refractivity contribution in [3.05, 3.63) is 59.7 Å². The Kier molecular flexibility index (Phi) is 8.21. The number of likely N-dealkylation sites (tertiary alicyclic amines) is 1. The van der Waals surface area contributed by atoms with E-state index in [4.69, 9.17) is 0 Å². The van der Waals surface area contributed by atoms with Gasteiger partial charge in [0, 0.05) is 63.1 Å². The van der Waals surface area contributed by atoms with E-state index in [9.17, 15) is 18.0 Å². The molecule has 2 aliphatic rings. The zero-order valence-corrected chi connectivity index (χ0v) is 20.4. The molecular formula is C27H35F3N4O. The second-order valence-corrected chi connectivity index (χ2v) is 9.64. The van der Waals surface area contributed by atoms with Crippen molar-refractivity contribution in [2.24, 2.45) is 0 Å². The van der Waals surface area contributed by atoms with Gasteiger partial charge in [-0.15, -0.1) is 0 Å². The first-order chi connectivity index (χ1) is 16.8. The van der Waals surface area contributed by atoms with E-state index in [0.717, 1.165) is 64.1 Å². The minimum Gasteiger partial charge on any atom is -0.382 e. The molecule has 0 aliphatic carbocycles. The highest BCUT2D eigenvalue weighted by atomic mass is 19.4. The number of carbonyl (C=O) groups is 1. The Balaban J connectivity index is 1.11. The number of nitrogens with zero attached hydrogens (tertiary/aromatic N) is 3. The standard InChI is InChI=1S/C27H35F3N4O/c1-21-4-10-25(11-5-21)33-19-17-32(18-20-33)14-2-3-26(35)34-15-12-24(13-16-34)31-23-8-6-22(7-9-23)27(28,29)30/h4-11,24,31H,2-3,12-20H2,1H3. The monoisotopic (exact) mass is 488 g/mol. The summed E-state index contributed by atoms with van der Waals surface area (Å²) in [6.45, 7) is 8.47. The molecule has 0 unspecified atom stereocenters. The number of nitrogens with one attached hydrogen (secondary N) is 1. The lowest BCUT2D eigenvalue weighted by atomic mass is 10.0. The highest BCUT2D eigenvalue weighted by Crippen LogP contribution is 2.30. The average molecular weight is 489 g/mol. The minimum atomic E-state index is -4.32. The van der Waals surface area contributed by atoms with Crippen LogP contribution in [0, 0.1) is 6.92 Å². The molecule has 2 saturated heterocycles. The molecule has 2 aliphatic heterocycles. The molecule has 2 fully saturated rings. The number of piperazine rings is 1. The van der Waals surface area contributed by atoms with E-state index in [1.807, 2.05) is 4.90 Å². The number of hydrogen-bond acceptors (Lipinski definition) is 4.